The lowest BCUT2D eigenvalue weighted by Crippen LogP contribution is -2.54. The van der Waals surface area contributed by atoms with Crippen molar-refractivity contribution in [3.8, 4) is 0 Å². The van der Waals surface area contributed by atoms with Gasteiger partial charge in [-0.15, -0.1) is 0 Å². The van der Waals surface area contributed by atoms with Gasteiger partial charge in [-0.05, 0) is 73.5 Å². The third-order valence-electron chi connectivity index (χ3n) is 3.30. The first-order valence-corrected chi connectivity index (χ1v) is 7.48. The number of carbonyl (C=O) groups is 1. The van der Waals surface area contributed by atoms with Crippen LogP contribution in [0.4, 0.5) is 5.69 Å². The smallest absolute Gasteiger partial charge is 0.244 e. The molecule has 1 saturated heterocycles. The van der Waals surface area contributed by atoms with Crippen LogP contribution in [0.25, 0.3) is 0 Å². The van der Waals surface area contributed by atoms with Crippen molar-refractivity contribution in [3.05, 3.63) is 26.8 Å². The van der Waals surface area contributed by atoms with Crippen LogP contribution in [0, 0.1) is 3.57 Å². The Morgan fingerprint density at radius 1 is 1.50 bits per heavy atom. The van der Waals surface area contributed by atoms with E-state index in [1.165, 1.54) is 0 Å². The summed E-state index contributed by atoms with van der Waals surface area (Å²) in [7, 11) is 0. The highest BCUT2D eigenvalue weighted by Crippen LogP contribution is 2.26. The van der Waals surface area contributed by atoms with Crippen LogP contribution in [-0.4, -0.2) is 18.0 Å². The van der Waals surface area contributed by atoms with Gasteiger partial charge in [0.1, 0.15) is 0 Å². The maximum Gasteiger partial charge on any atom is 0.244 e. The van der Waals surface area contributed by atoms with Crippen molar-refractivity contribution in [3.63, 3.8) is 0 Å². The van der Waals surface area contributed by atoms with Gasteiger partial charge >= 0.3 is 0 Å². The molecule has 1 aliphatic heterocycles. The summed E-state index contributed by atoms with van der Waals surface area (Å²) in [4.78, 5) is 12.3. The molecule has 2 rings (SSSR count). The fourth-order valence-corrected chi connectivity index (χ4v) is 3.00. The number of benzene rings is 1. The zero-order chi connectivity index (χ0) is 13.2. The molecule has 3 nitrogen and oxygen atoms in total. The van der Waals surface area contributed by atoms with Gasteiger partial charge in [-0.2, -0.15) is 0 Å². The summed E-state index contributed by atoms with van der Waals surface area (Å²) in [5.74, 6) is -0.00897. The second-order valence-corrected chi connectivity index (χ2v) is 6.45. The first kappa shape index (κ1) is 14.1. The van der Waals surface area contributed by atoms with E-state index < -0.39 is 5.54 Å². The van der Waals surface area contributed by atoms with E-state index in [1.807, 2.05) is 25.1 Å². The third-order valence-corrected chi connectivity index (χ3v) is 4.28. The number of nitrogens with one attached hydrogen (secondary N) is 2. The molecule has 0 aliphatic carbocycles. The highest BCUT2D eigenvalue weighted by atomic mass is 127. The summed E-state index contributed by atoms with van der Waals surface area (Å²) < 4.78 is 1.05. The van der Waals surface area contributed by atoms with Gasteiger partial charge in [-0.1, -0.05) is 11.6 Å². The maximum absolute atomic E-state index is 12.3. The molecular weight excluding hydrogens is 363 g/mol. The molecule has 0 saturated carbocycles. The van der Waals surface area contributed by atoms with E-state index in [-0.39, 0.29) is 5.91 Å². The Balaban J connectivity index is 2.11. The molecular formula is C13H16ClIN2O. The van der Waals surface area contributed by atoms with Gasteiger partial charge in [0.2, 0.25) is 5.91 Å². The lowest BCUT2D eigenvalue weighted by molar-refractivity contribution is -0.122. The maximum atomic E-state index is 12.3. The molecule has 2 N–H and O–H groups in total. The van der Waals surface area contributed by atoms with E-state index in [4.69, 9.17) is 11.6 Å². The number of amides is 1. The quantitative estimate of drug-likeness (QED) is 0.774. The number of hydrogen-bond donors (Lipinski definition) is 2. The van der Waals surface area contributed by atoms with E-state index in [2.05, 4.69) is 33.2 Å². The van der Waals surface area contributed by atoms with E-state index in [0.717, 1.165) is 29.4 Å². The van der Waals surface area contributed by atoms with Crippen LogP contribution >= 0.6 is 34.2 Å². The molecule has 1 fully saturated rings. The van der Waals surface area contributed by atoms with Crippen LogP contribution in [-0.2, 0) is 4.79 Å². The topological polar surface area (TPSA) is 41.1 Å². The molecule has 0 spiro atoms. The van der Waals surface area contributed by atoms with Crippen molar-refractivity contribution in [2.24, 2.45) is 0 Å². The number of piperidine rings is 1. The minimum Gasteiger partial charge on any atom is -0.323 e. The molecule has 1 aromatic carbocycles. The van der Waals surface area contributed by atoms with Crippen molar-refractivity contribution in [1.82, 2.24) is 5.32 Å². The average molecular weight is 379 g/mol. The van der Waals surface area contributed by atoms with Crippen LogP contribution in [0.3, 0.4) is 0 Å². The molecule has 1 atom stereocenters. The minimum absolute atomic E-state index is 0.00897. The predicted octanol–water partition coefficient (Wildman–Crippen LogP) is 3.42. The van der Waals surface area contributed by atoms with E-state index in [9.17, 15) is 4.79 Å². The monoisotopic (exact) mass is 378 g/mol. The fourth-order valence-electron chi connectivity index (χ4n) is 2.10. The highest BCUT2D eigenvalue weighted by molar-refractivity contribution is 14.1. The molecule has 1 unspecified atom stereocenters. The van der Waals surface area contributed by atoms with Crippen molar-refractivity contribution in [1.29, 1.82) is 0 Å². The van der Waals surface area contributed by atoms with E-state index in [1.54, 1.807) is 0 Å². The Bertz CT molecular complexity index is 458. The fraction of sp³-hybridized carbons (Fsp3) is 0.462. The van der Waals surface area contributed by atoms with E-state index >= 15 is 0 Å². The van der Waals surface area contributed by atoms with Crippen molar-refractivity contribution in [2.75, 3.05) is 11.9 Å². The molecule has 0 radical (unpaired) electrons. The number of halogens is 2. The number of carbonyl (C=O) groups excluding carboxylic acids is 1. The molecule has 1 aliphatic rings. The second-order valence-electron chi connectivity index (χ2n) is 4.79. The predicted molar refractivity (Wildman–Crippen MR) is 83.1 cm³/mol. The first-order chi connectivity index (χ1) is 8.51. The molecule has 0 aromatic heterocycles. The summed E-state index contributed by atoms with van der Waals surface area (Å²) in [6.07, 6.45) is 3.07. The van der Waals surface area contributed by atoms with Crippen LogP contribution in [0.5, 0.6) is 0 Å². The Hall–Kier alpha value is -0.330. The molecule has 5 heteroatoms. The standard InChI is InChI=1S/C13H16ClIN2O/c1-13(6-2-3-7-16-13)12(18)17-11-5-4-9(15)8-10(11)14/h4-5,8,16H,2-3,6-7H2,1H3,(H,17,18). The Kier molecular flexibility index (Phi) is 4.50. The zero-order valence-corrected chi connectivity index (χ0v) is 13.1. The largest absolute Gasteiger partial charge is 0.323 e. The van der Waals surface area contributed by atoms with Crippen molar-refractivity contribution < 1.29 is 4.79 Å². The SMILES string of the molecule is CC1(C(=O)Nc2ccc(I)cc2Cl)CCCCN1. The summed E-state index contributed by atoms with van der Waals surface area (Å²) in [6.45, 7) is 2.84. The van der Waals surface area contributed by atoms with Gasteiger partial charge in [0.15, 0.2) is 0 Å². The highest BCUT2D eigenvalue weighted by Gasteiger charge is 2.34. The first-order valence-electron chi connectivity index (χ1n) is 6.03. The van der Waals surface area contributed by atoms with Gasteiger partial charge in [-0.3, -0.25) is 4.79 Å². The Labute approximate surface area is 126 Å². The van der Waals surface area contributed by atoms with Crippen LogP contribution in [0.2, 0.25) is 5.02 Å². The normalized spacial score (nSPS) is 23.7. The third kappa shape index (κ3) is 3.16. The van der Waals surface area contributed by atoms with Crippen LogP contribution < -0.4 is 10.6 Å². The summed E-state index contributed by atoms with van der Waals surface area (Å²) in [6, 6.07) is 5.61. The number of rotatable bonds is 2. The lowest BCUT2D eigenvalue weighted by Gasteiger charge is -2.33. The van der Waals surface area contributed by atoms with Crippen LogP contribution in [0.15, 0.2) is 18.2 Å². The molecule has 18 heavy (non-hydrogen) atoms. The summed E-state index contributed by atoms with van der Waals surface area (Å²) >= 11 is 8.31. The van der Waals surface area contributed by atoms with Gasteiger partial charge in [0.05, 0.1) is 16.2 Å². The summed E-state index contributed by atoms with van der Waals surface area (Å²) in [5.41, 5.74) is 0.195. The molecule has 1 heterocycles. The zero-order valence-electron chi connectivity index (χ0n) is 10.2. The lowest BCUT2D eigenvalue weighted by atomic mass is 9.90. The Morgan fingerprint density at radius 3 is 2.89 bits per heavy atom. The molecule has 1 aromatic rings. The average Bonchev–Trinajstić information content (AvgIpc) is 2.33. The van der Waals surface area contributed by atoms with Gasteiger partial charge in [-0.25, -0.2) is 0 Å². The Morgan fingerprint density at radius 2 is 2.28 bits per heavy atom. The minimum atomic E-state index is -0.482. The number of anilines is 1. The van der Waals surface area contributed by atoms with E-state index in [0.29, 0.717) is 10.7 Å². The van der Waals surface area contributed by atoms with Crippen molar-refractivity contribution >= 4 is 45.8 Å². The van der Waals surface area contributed by atoms with Gasteiger partial charge in [0.25, 0.3) is 0 Å². The van der Waals surface area contributed by atoms with Crippen molar-refractivity contribution in [2.45, 2.75) is 31.7 Å². The van der Waals surface area contributed by atoms with Gasteiger partial charge in [0, 0.05) is 3.57 Å². The number of hydrogen-bond acceptors (Lipinski definition) is 2. The molecule has 0 bridgehead atoms. The molecule has 1 amide bonds. The van der Waals surface area contributed by atoms with Crippen LogP contribution in [0.1, 0.15) is 26.2 Å². The van der Waals surface area contributed by atoms with Gasteiger partial charge < -0.3 is 10.6 Å². The second kappa shape index (κ2) is 5.75. The molecule has 98 valence electrons. The summed E-state index contributed by atoms with van der Waals surface area (Å²) in [5, 5.41) is 6.78.